The third-order valence-corrected chi connectivity index (χ3v) is 11.8. The largest absolute Gasteiger partial charge is 0.466 e. The summed E-state index contributed by atoms with van der Waals surface area (Å²) in [5.74, 6) is -0.176. The van der Waals surface area contributed by atoms with E-state index in [1.165, 1.54) is 161 Å². The maximum absolute atomic E-state index is 12.4. The molecule has 0 aromatic carbocycles. The van der Waals surface area contributed by atoms with E-state index in [4.69, 9.17) is 4.74 Å². The van der Waals surface area contributed by atoms with Gasteiger partial charge in [0.25, 0.3) is 0 Å². The lowest BCUT2D eigenvalue weighted by Crippen LogP contribution is -2.45. The molecule has 0 rings (SSSR count). The molecule has 2 unspecified atom stereocenters. The molecule has 0 aromatic rings. The first kappa shape index (κ1) is 58.8. The molecule has 356 valence electrons. The van der Waals surface area contributed by atoms with Gasteiger partial charge in [-0.3, -0.25) is 9.59 Å². The van der Waals surface area contributed by atoms with Crippen LogP contribution in [0.25, 0.3) is 0 Å². The Morgan fingerprint density at radius 3 is 1.33 bits per heavy atom. The molecule has 0 saturated carbocycles. The number of hydrogen-bond acceptors (Lipinski definition) is 5. The number of carbonyl (C=O) groups is 2. The van der Waals surface area contributed by atoms with Crippen molar-refractivity contribution in [3.05, 3.63) is 48.6 Å². The smallest absolute Gasteiger partial charge is 0.305 e. The Hall–Kier alpha value is -2.18. The number of esters is 1. The highest BCUT2D eigenvalue weighted by Gasteiger charge is 2.17. The lowest BCUT2D eigenvalue weighted by molar-refractivity contribution is -0.143. The molecule has 0 heterocycles. The van der Waals surface area contributed by atoms with Crippen LogP contribution in [0.3, 0.4) is 0 Å². The molecule has 2 atom stereocenters. The number of hydrogen-bond donors (Lipinski definition) is 3. The van der Waals surface area contributed by atoms with Crippen LogP contribution in [-0.4, -0.2) is 47.4 Å². The lowest BCUT2D eigenvalue weighted by Gasteiger charge is -2.19. The summed E-state index contributed by atoms with van der Waals surface area (Å²) in [5.41, 5.74) is 0. The van der Waals surface area contributed by atoms with Crippen LogP contribution in [0.5, 0.6) is 0 Å². The van der Waals surface area contributed by atoms with E-state index in [9.17, 15) is 19.8 Å². The van der Waals surface area contributed by atoms with E-state index in [2.05, 4.69) is 55.6 Å². The van der Waals surface area contributed by atoms with E-state index in [0.29, 0.717) is 19.4 Å². The minimum atomic E-state index is -0.877. The predicted octanol–water partition coefficient (Wildman–Crippen LogP) is 15.8. The molecule has 0 saturated heterocycles. The van der Waals surface area contributed by atoms with E-state index in [1.807, 2.05) is 6.08 Å². The van der Waals surface area contributed by atoms with Crippen molar-refractivity contribution in [2.24, 2.45) is 0 Å². The van der Waals surface area contributed by atoms with Crippen LogP contribution in [0, 0.1) is 0 Å². The fourth-order valence-electron chi connectivity index (χ4n) is 7.72. The van der Waals surface area contributed by atoms with Gasteiger partial charge in [0.05, 0.1) is 25.4 Å². The fraction of sp³-hybridized carbons (Fsp3) is 0.818. The van der Waals surface area contributed by atoms with Gasteiger partial charge in [-0.15, -0.1) is 0 Å². The average molecular weight is 856 g/mol. The first-order valence-corrected chi connectivity index (χ1v) is 26.4. The maximum Gasteiger partial charge on any atom is 0.305 e. The van der Waals surface area contributed by atoms with Crippen LogP contribution >= 0.6 is 0 Å². The number of rotatable bonds is 48. The fourth-order valence-corrected chi connectivity index (χ4v) is 7.72. The zero-order chi connectivity index (χ0) is 44.4. The summed E-state index contributed by atoms with van der Waals surface area (Å²) in [4.78, 5) is 24.5. The summed E-state index contributed by atoms with van der Waals surface area (Å²) in [6, 6.07) is -0.667. The van der Waals surface area contributed by atoms with Gasteiger partial charge in [-0.1, -0.05) is 217 Å². The number of aliphatic hydroxyl groups excluding tert-OH is 2. The van der Waals surface area contributed by atoms with Crippen molar-refractivity contribution in [2.45, 2.75) is 276 Å². The number of nitrogens with one attached hydrogen (secondary N) is 1. The zero-order valence-electron chi connectivity index (χ0n) is 40.4. The first-order chi connectivity index (χ1) is 30.0. The van der Waals surface area contributed by atoms with Crippen LogP contribution < -0.4 is 5.32 Å². The Bertz CT molecular complexity index is 1040. The van der Waals surface area contributed by atoms with Gasteiger partial charge < -0.3 is 20.3 Å². The first-order valence-electron chi connectivity index (χ1n) is 26.4. The van der Waals surface area contributed by atoms with Gasteiger partial charge in [0.15, 0.2) is 0 Å². The number of aliphatic hydroxyl groups is 2. The quantitative estimate of drug-likeness (QED) is 0.0322. The Balaban J connectivity index is 3.59. The molecule has 0 bridgehead atoms. The van der Waals surface area contributed by atoms with E-state index < -0.39 is 12.1 Å². The van der Waals surface area contributed by atoms with Gasteiger partial charge in [-0.2, -0.15) is 0 Å². The number of ether oxygens (including phenoxy) is 1. The highest BCUT2D eigenvalue weighted by molar-refractivity contribution is 5.76. The average Bonchev–Trinajstić information content (AvgIpc) is 3.26. The summed E-state index contributed by atoms with van der Waals surface area (Å²) < 4.78 is 5.44. The van der Waals surface area contributed by atoms with Crippen molar-refractivity contribution in [2.75, 3.05) is 13.2 Å². The molecule has 3 N–H and O–H groups in total. The van der Waals surface area contributed by atoms with Crippen molar-refractivity contribution in [3.8, 4) is 0 Å². The number of amides is 1. The molecule has 1 amide bonds. The molecular formula is C55H101NO5. The van der Waals surface area contributed by atoms with Gasteiger partial charge in [0.2, 0.25) is 5.91 Å². The number of carbonyl (C=O) groups excluding carboxylic acids is 2. The molecule has 0 aliphatic heterocycles. The monoisotopic (exact) mass is 856 g/mol. The Kier molecular flexibility index (Phi) is 48.7. The van der Waals surface area contributed by atoms with Gasteiger partial charge in [-0.25, -0.2) is 0 Å². The van der Waals surface area contributed by atoms with Crippen molar-refractivity contribution < 1.29 is 24.5 Å². The number of unbranched alkanes of at least 4 members (excludes halogenated alkanes) is 31. The predicted molar refractivity (Wildman–Crippen MR) is 264 cm³/mol. The highest BCUT2D eigenvalue weighted by atomic mass is 16.5. The molecule has 0 spiro atoms. The summed E-state index contributed by atoms with van der Waals surface area (Å²) >= 11 is 0. The van der Waals surface area contributed by atoms with Crippen molar-refractivity contribution in [3.63, 3.8) is 0 Å². The van der Waals surface area contributed by atoms with E-state index in [1.54, 1.807) is 6.08 Å². The second-order valence-electron chi connectivity index (χ2n) is 17.8. The van der Waals surface area contributed by atoms with Crippen LogP contribution in [0.15, 0.2) is 48.6 Å². The SMILES string of the molecule is CCCCC/C=C\C/C=C\CCCCCCCCCC(=O)OCCCCCC/C=C\CCCC(=O)NC(CO)C(O)/C=C/CCCCCCCCCCCCCCCCCC. The van der Waals surface area contributed by atoms with Crippen LogP contribution in [0.4, 0.5) is 0 Å². The summed E-state index contributed by atoms with van der Waals surface area (Å²) in [6.45, 7) is 4.78. The van der Waals surface area contributed by atoms with E-state index >= 15 is 0 Å². The van der Waals surface area contributed by atoms with Gasteiger partial charge in [0, 0.05) is 12.8 Å². The van der Waals surface area contributed by atoms with Crippen LogP contribution in [0.1, 0.15) is 264 Å². The molecule has 0 aliphatic carbocycles. The lowest BCUT2D eigenvalue weighted by atomic mass is 10.0. The standard InChI is InChI=1S/C55H101NO5/c1-3-5-7-9-11-13-15-17-19-21-23-24-26-28-31-35-39-43-47-53(58)52(51-57)56-54(59)48-44-40-36-32-30-34-38-42-46-50-61-55(60)49-45-41-37-33-29-27-25-22-20-18-16-14-12-10-8-6-4-2/h12,14,18,20,32,36,43,47,52-53,57-58H,3-11,13,15-17,19,21-31,33-35,37-42,44-46,48-51H2,1-2H3,(H,56,59)/b14-12-,20-18-,36-32-,47-43+. The minimum absolute atomic E-state index is 0.0463. The van der Waals surface area contributed by atoms with Crippen molar-refractivity contribution in [1.29, 1.82) is 0 Å². The Morgan fingerprint density at radius 1 is 0.459 bits per heavy atom. The second-order valence-corrected chi connectivity index (χ2v) is 17.8. The summed E-state index contributed by atoms with van der Waals surface area (Å²) in [5, 5.41) is 23.0. The van der Waals surface area contributed by atoms with Crippen molar-refractivity contribution >= 4 is 11.9 Å². The van der Waals surface area contributed by atoms with Crippen LogP contribution in [-0.2, 0) is 14.3 Å². The van der Waals surface area contributed by atoms with Gasteiger partial charge >= 0.3 is 5.97 Å². The third-order valence-electron chi connectivity index (χ3n) is 11.8. The summed E-state index contributed by atoms with van der Waals surface area (Å²) in [6.07, 6.45) is 62.6. The van der Waals surface area contributed by atoms with Gasteiger partial charge in [-0.05, 0) is 83.5 Å². The molecular weight excluding hydrogens is 755 g/mol. The molecule has 0 fully saturated rings. The normalized spacial score (nSPS) is 13.0. The molecule has 0 aromatic heterocycles. The third kappa shape index (κ3) is 47.1. The minimum Gasteiger partial charge on any atom is -0.466 e. The van der Waals surface area contributed by atoms with E-state index in [0.717, 1.165) is 77.0 Å². The molecule has 61 heavy (non-hydrogen) atoms. The number of allylic oxidation sites excluding steroid dienone is 7. The highest BCUT2D eigenvalue weighted by Crippen LogP contribution is 2.15. The Morgan fingerprint density at radius 2 is 0.836 bits per heavy atom. The molecule has 0 radical (unpaired) electrons. The molecule has 6 heteroatoms. The maximum atomic E-state index is 12.4. The van der Waals surface area contributed by atoms with Crippen LogP contribution in [0.2, 0.25) is 0 Å². The second kappa shape index (κ2) is 50.5. The summed E-state index contributed by atoms with van der Waals surface area (Å²) in [7, 11) is 0. The van der Waals surface area contributed by atoms with Gasteiger partial charge in [0.1, 0.15) is 0 Å². The molecule has 6 nitrogen and oxygen atoms in total. The van der Waals surface area contributed by atoms with Crippen molar-refractivity contribution in [1.82, 2.24) is 5.32 Å². The van der Waals surface area contributed by atoms with E-state index in [-0.39, 0.29) is 18.5 Å². The molecule has 0 aliphatic rings. The topological polar surface area (TPSA) is 95.9 Å². The zero-order valence-corrected chi connectivity index (χ0v) is 40.4. The Labute approximate surface area is 378 Å².